The maximum Gasteiger partial charge on any atom is 0.326 e. The van der Waals surface area contributed by atoms with Gasteiger partial charge in [0.05, 0.1) is 6.61 Å². The summed E-state index contributed by atoms with van der Waals surface area (Å²) in [6.07, 6.45) is 4.05. The number of rotatable bonds is 8. The van der Waals surface area contributed by atoms with E-state index in [0.29, 0.717) is 18.6 Å². The van der Waals surface area contributed by atoms with Gasteiger partial charge < -0.3 is 15.0 Å². The Labute approximate surface area is 130 Å². The minimum absolute atomic E-state index is 0.0582. The zero-order chi connectivity index (χ0) is 15.9. The molecule has 4 heteroatoms. The molecule has 0 spiro atoms. The van der Waals surface area contributed by atoms with E-state index in [1.165, 1.54) is 6.42 Å². The third-order valence-electron chi connectivity index (χ3n) is 4.43. The quantitative estimate of drug-likeness (QED) is 0.700. The lowest BCUT2D eigenvalue weighted by Crippen LogP contribution is -2.59. The van der Waals surface area contributed by atoms with Gasteiger partial charge in [0.2, 0.25) is 0 Å². The molecule has 0 aromatic rings. The van der Waals surface area contributed by atoms with Crippen LogP contribution in [0.15, 0.2) is 0 Å². The summed E-state index contributed by atoms with van der Waals surface area (Å²) < 4.78 is 5.36. The summed E-state index contributed by atoms with van der Waals surface area (Å²) in [5, 5.41) is 3.44. The SMILES string of the molecule is CCNC1(C(=O)OCC)CCCC(N(CC)CC(C)C)C1. The van der Waals surface area contributed by atoms with Crippen LogP contribution >= 0.6 is 0 Å². The second-order valence-electron chi connectivity index (χ2n) is 6.56. The van der Waals surface area contributed by atoms with E-state index in [9.17, 15) is 4.79 Å². The van der Waals surface area contributed by atoms with Crippen LogP contribution in [0.3, 0.4) is 0 Å². The summed E-state index contributed by atoms with van der Waals surface area (Å²) in [6, 6.07) is 0.481. The molecule has 1 fully saturated rings. The molecule has 1 N–H and O–H groups in total. The van der Waals surface area contributed by atoms with Gasteiger partial charge in [-0.25, -0.2) is 0 Å². The Hall–Kier alpha value is -0.610. The van der Waals surface area contributed by atoms with E-state index in [1.807, 2.05) is 6.92 Å². The number of nitrogens with one attached hydrogen (secondary N) is 1. The predicted molar refractivity (Wildman–Crippen MR) is 87.4 cm³/mol. The summed E-state index contributed by atoms with van der Waals surface area (Å²) in [4.78, 5) is 15.0. The molecule has 0 radical (unpaired) electrons. The molecular formula is C17H34N2O2. The zero-order valence-electron chi connectivity index (χ0n) is 14.6. The molecule has 0 aromatic heterocycles. The third-order valence-corrected chi connectivity index (χ3v) is 4.43. The van der Waals surface area contributed by atoms with E-state index >= 15 is 0 Å². The topological polar surface area (TPSA) is 41.6 Å². The Morgan fingerprint density at radius 2 is 2.10 bits per heavy atom. The van der Waals surface area contributed by atoms with Gasteiger partial charge in [0, 0.05) is 12.6 Å². The Morgan fingerprint density at radius 1 is 1.38 bits per heavy atom. The van der Waals surface area contributed by atoms with Gasteiger partial charge in [-0.1, -0.05) is 27.7 Å². The number of hydrogen-bond acceptors (Lipinski definition) is 4. The monoisotopic (exact) mass is 298 g/mol. The molecule has 1 aliphatic carbocycles. The van der Waals surface area contributed by atoms with E-state index in [2.05, 4.69) is 37.9 Å². The van der Waals surface area contributed by atoms with Gasteiger partial charge >= 0.3 is 5.97 Å². The largest absolute Gasteiger partial charge is 0.465 e. The molecule has 0 heterocycles. The van der Waals surface area contributed by atoms with Crippen molar-refractivity contribution < 1.29 is 9.53 Å². The van der Waals surface area contributed by atoms with Gasteiger partial charge in [-0.3, -0.25) is 4.79 Å². The first-order valence-electron chi connectivity index (χ1n) is 8.65. The van der Waals surface area contributed by atoms with E-state index < -0.39 is 5.54 Å². The van der Waals surface area contributed by atoms with Crippen LogP contribution in [0.2, 0.25) is 0 Å². The first-order chi connectivity index (χ1) is 9.99. The van der Waals surface area contributed by atoms with Crippen LogP contribution in [0.1, 0.15) is 60.3 Å². The number of carbonyl (C=O) groups is 1. The molecule has 1 rings (SSSR count). The van der Waals surface area contributed by atoms with Gasteiger partial charge in [0.15, 0.2) is 0 Å². The average molecular weight is 298 g/mol. The van der Waals surface area contributed by atoms with Crippen molar-refractivity contribution in [2.24, 2.45) is 5.92 Å². The van der Waals surface area contributed by atoms with Gasteiger partial charge in [-0.05, 0) is 51.6 Å². The lowest BCUT2D eigenvalue weighted by molar-refractivity contribution is -0.154. The molecule has 2 atom stereocenters. The second-order valence-corrected chi connectivity index (χ2v) is 6.56. The Bertz CT molecular complexity index is 316. The van der Waals surface area contributed by atoms with Crippen LogP contribution in [0, 0.1) is 5.92 Å². The van der Waals surface area contributed by atoms with E-state index in [1.54, 1.807) is 0 Å². The van der Waals surface area contributed by atoms with Gasteiger partial charge in [0.1, 0.15) is 5.54 Å². The van der Waals surface area contributed by atoms with Crippen LogP contribution in [-0.4, -0.2) is 48.7 Å². The minimum Gasteiger partial charge on any atom is -0.465 e. The zero-order valence-corrected chi connectivity index (χ0v) is 14.6. The molecule has 2 unspecified atom stereocenters. The predicted octanol–water partition coefficient (Wildman–Crippen LogP) is 2.82. The number of ether oxygens (including phenoxy) is 1. The summed E-state index contributed by atoms with van der Waals surface area (Å²) in [7, 11) is 0. The Kier molecular flexibility index (Phi) is 7.67. The average Bonchev–Trinajstić information content (AvgIpc) is 2.45. The van der Waals surface area contributed by atoms with Gasteiger partial charge in [-0.15, -0.1) is 0 Å². The smallest absolute Gasteiger partial charge is 0.326 e. The highest BCUT2D eigenvalue weighted by molar-refractivity contribution is 5.81. The second kappa shape index (κ2) is 8.74. The molecule has 0 bridgehead atoms. The van der Waals surface area contributed by atoms with Crippen LogP contribution < -0.4 is 5.32 Å². The van der Waals surface area contributed by atoms with Crippen molar-refractivity contribution in [1.82, 2.24) is 10.2 Å². The standard InChI is InChI=1S/C17H34N2O2/c1-6-18-17(16(20)21-8-3)11-9-10-15(12-17)19(7-2)13-14(4)5/h14-15,18H,6-13H2,1-5H3. The maximum atomic E-state index is 12.5. The van der Waals surface area contributed by atoms with Crippen molar-refractivity contribution in [3.8, 4) is 0 Å². The molecule has 4 nitrogen and oxygen atoms in total. The molecule has 0 aliphatic heterocycles. The van der Waals surface area contributed by atoms with Crippen molar-refractivity contribution in [3.63, 3.8) is 0 Å². The number of esters is 1. The van der Waals surface area contributed by atoms with Gasteiger partial charge in [0.25, 0.3) is 0 Å². The fourth-order valence-electron chi connectivity index (χ4n) is 3.59. The van der Waals surface area contributed by atoms with Crippen LogP contribution in [0.5, 0.6) is 0 Å². The van der Waals surface area contributed by atoms with Crippen LogP contribution in [0.25, 0.3) is 0 Å². The van der Waals surface area contributed by atoms with E-state index in [-0.39, 0.29) is 5.97 Å². The molecule has 21 heavy (non-hydrogen) atoms. The lowest BCUT2D eigenvalue weighted by Gasteiger charge is -2.43. The molecule has 124 valence electrons. The van der Waals surface area contributed by atoms with Crippen molar-refractivity contribution in [2.45, 2.75) is 71.9 Å². The van der Waals surface area contributed by atoms with Crippen molar-refractivity contribution >= 4 is 5.97 Å². The Morgan fingerprint density at radius 3 is 2.62 bits per heavy atom. The molecule has 0 amide bonds. The molecular weight excluding hydrogens is 264 g/mol. The molecule has 0 aromatic carbocycles. The van der Waals surface area contributed by atoms with E-state index in [0.717, 1.165) is 38.9 Å². The van der Waals surface area contributed by atoms with E-state index in [4.69, 9.17) is 4.74 Å². The van der Waals surface area contributed by atoms with Crippen molar-refractivity contribution in [3.05, 3.63) is 0 Å². The molecule has 1 aliphatic rings. The normalized spacial score (nSPS) is 26.3. The first-order valence-corrected chi connectivity index (χ1v) is 8.65. The fraction of sp³-hybridized carbons (Fsp3) is 0.941. The minimum atomic E-state index is -0.474. The van der Waals surface area contributed by atoms with Crippen LogP contribution in [0.4, 0.5) is 0 Å². The maximum absolute atomic E-state index is 12.5. The number of likely N-dealkylation sites (N-methyl/N-ethyl adjacent to an activating group) is 1. The van der Waals surface area contributed by atoms with Crippen molar-refractivity contribution in [2.75, 3.05) is 26.2 Å². The first kappa shape index (κ1) is 18.4. The number of carbonyl (C=O) groups excluding carboxylic acids is 1. The highest BCUT2D eigenvalue weighted by atomic mass is 16.5. The summed E-state index contributed by atoms with van der Waals surface area (Å²) in [5.41, 5.74) is -0.474. The Balaban J connectivity index is 2.84. The van der Waals surface area contributed by atoms with Crippen molar-refractivity contribution in [1.29, 1.82) is 0 Å². The lowest BCUT2D eigenvalue weighted by atomic mass is 9.78. The highest BCUT2D eigenvalue weighted by Gasteiger charge is 2.44. The van der Waals surface area contributed by atoms with Gasteiger partial charge in [-0.2, -0.15) is 0 Å². The summed E-state index contributed by atoms with van der Waals surface area (Å²) in [5.74, 6) is 0.597. The number of hydrogen-bond donors (Lipinski definition) is 1. The molecule has 0 saturated heterocycles. The third kappa shape index (κ3) is 4.96. The molecule has 1 saturated carbocycles. The number of nitrogens with zero attached hydrogens (tertiary/aromatic N) is 1. The fourth-order valence-corrected chi connectivity index (χ4v) is 3.59. The summed E-state index contributed by atoms with van der Waals surface area (Å²) >= 11 is 0. The van der Waals surface area contributed by atoms with Crippen LogP contribution in [-0.2, 0) is 9.53 Å². The highest BCUT2D eigenvalue weighted by Crippen LogP contribution is 2.32. The summed E-state index contributed by atoms with van der Waals surface area (Å²) in [6.45, 7) is 14.1.